The number of fused-ring (bicyclic) bond motifs is 1. The fraction of sp³-hybridized carbons (Fsp3) is 0.500. The van der Waals surface area contributed by atoms with Crippen LogP contribution < -0.4 is 11.2 Å². The summed E-state index contributed by atoms with van der Waals surface area (Å²) >= 11 is 0. The molecule has 0 aromatic carbocycles. The van der Waals surface area contributed by atoms with Gasteiger partial charge in [0.15, 0.2) is 11.2 Å². The van der Waals surface area contributed by atoms with Crippen molar-refractivity contribution in [3.8, 4) is 5.95 Å². The molecule has 0 aliphatic rings. The van der Waals surface area contributed by atoms with Gasteiger partial charge < -0.3 is 14.0 Å². The predicted molar refractivity (Wildman–Crippen MR) is 104 cm³/mol. The van der Waals surface area contributed by atoms with Gasteiger partial charge in [-0.25, -0.2) is 14.0 Å². The van der Waals surface area contributed by atoms with Crippen LogP contribution in [0.5, 0.6) is 0 Å². The van der Waals surface area contributed by atoms with E-state index in [0.29, 0.717) is 25.7 Å². The van der Waals surface area contributed by atoms with Gasteiger partial charge >= 0.3 is 11.7 Å². The van der Waals surface area contributed by atoms with Crippen LogP contribution in [0.3, 0.4) is 0 Å². The van der Waals surface area contributed by atoms with Crippen molar-refractivity contribution in [2.24, 2.45) is 7.05 Å². The summed E-state index contributed by atoms with van der Waals surface area (Å²) in [6.45, 7) is 6.31. The summed E-state index contributed by atoms with van der Waals surface area (Å²) in [4.78, 5) is 42.1. The highest BCUT2D eigenvalue weighted by Gasteiger charge is 2.23. The van der Waals surface area contributed by atoms with E-state index in [9.17, 15) is 14.4 Å². The second kappa shape index (κ2) is 8.03. The minimum absolute atomic E-state index is 0.193. The van der Waals surface area contributed by atoms with Crippen LogP contribution in [0.15, 0.2) is 15.7 Å². The Morgan fingerprint density at radius 1 is 1.21 bits per heavy atom. The maximum absolute atomic E-state index is 13.2. The standard InChI is InChI=1S/C18H24N6O5/c1-6-29-8-7-22-14-15(19-17(22)24-12(3)9-11(2)20-24)21(4)18(27)23(16(14)26)10-13(25)28-5/h9H,6-8,10H2,1-5H3. The molecule has 3 aromatic rings. The molecule has 3 rings (SSSR count). The Morgan fingerprint density at radius 3 is 2.52 bits per heavy atom. The van der Waals surface area contributed by atoms with Crippen molar-refractivity contribution < 1.29 is 14.3 Å². The molecule has 0 spiro atoms. The zero-order chi connectivity index (χ0) is 21.3. The number of methoxy groups -OCH3 is 1. The first-order valence-corrected chi connectivity index (χ1v) is 9.18. The Labute approximate surface area is 166 Å². The highest BCUT2D eigenvalue weighted by atomic mass is 16.5. The van der Waals surface area contributed by atoms with Crippen LogP contribution in [0.25, 0.3) is 17.1 Å². The van der Waals surface area contributed by atoms with Gasteiger partial charge in [0.2, 0.25) is 5.95 Å². The number of aryl methyl sites for hydroxylation is 3. The molecular formula is C18H24N6O5. The van der Waals surface area contributed by atoms with Crippen molar-refractivity contribution in [2.45, 2.75) is 33.9 Å². The van der Waals surface area contributed by atoms with E-state index in [4.69, 9.17) is 4.74 Å². The van der Waals surface area contributed by atoms with Crippen LogP contribution >= 0.6 is 0 Å². The van der Waals surface area contributed by atoms with Crippen molar-refractivity contribution in [2.75, 3.05) is 20.3 Å². The van der Waals surface area contributed by atoms with Gasteiger partial charge in [0.1, 0.15) is 6.54 Å². The van der Waals surface area contributed by atoms with E-state index >= 15 is 0 Å². The van der Waals surface area contributed by atoms with Crippen LogP contribution in [0, 0.1) is 13.8 Å². The fourth-order valence-corrected chi connectivity index (χ4v) is 3.20. The van der Waals surface area contributed by atoms with Crippen LogP contribution in [-0.4, -0.2) is 54.8 Å². The molecule has 0 aliphatic heterocycles. The number of nitrogens with zero attached hydrogens (tertiary/aromatic N) is 6. The molecule has 3 heterocycles. The van der Waals surface area contributed by atoms with E-state index in [0.717, 1.165) is 16.0 Å². The lowest BCUT2D eigenvalue weighted by Crippen LogP contribution is -2.41. The average Bonchev–Trinajstić information content (AvgIpc) is 3.23. The van der Waals surface area contributed by atoms with E-state index < -0.39 is 23.8 Å². The smallest absolute Gasteiger partial charge is 0.333 e. The van der Waals surface area contributed by atoms with E-state index in [-0.39, 0.29) is 11.2 Å². The number of hydrogen-bond donors (Lipinski definition) is 0. The molecule has 0 fully saturated rings. The molecule has 0 radical (unpaired) electrons. The van der Waals surface area contributed by atoms with Crippen LogP contribution in [-0.2, 0) is 34.4 Å². The number of carbonyl (C=O) groups is 1. The molecule has 0 atom stereocenters. The summed E-state index contributed by atoms with van der Waals surface area (Å²) in [5.74, 6) is -0.295. The number of rotatable bonds is 7. The molecule has 0 saturated carbocycles. The quantitative estimate of drug-likeness (QED) is 0.399. The Kier molecular flexibility index (Phi) is 5.69. The maximum atomic E-state index is 13.2. The van der Waals surface area contributed by atoms with Gasteiger partial charge in [-0.15, -0.1) is 0 Å². The fourth-order valence-electron chi connectivity index (χ4n) is 3.20. The topological polar surface area (TPSA) is 115 Å². The lowest BCUT2D eigenvalue weighted by atomic mass is 10.4. The van der Waals surface area contributed by atoms with E-state index in [1.807, 2.05) is 26.8 Å². The molecule has 0 aliphatic carbocycles. The van der Waals surface area contributed by atoms with E-state index in [1.165, 1.54) is 18.7 Å². The van der Waals surface area contributed by atoms with E-state index in [1.54, 1.807) is 9.25 Å². The third-order valence-corrected chi connectivity index (χ3v) is 4.59. The summed E-state index contributed by atoms with van der Waals surface area (Å²) in [5.41, 5.74) is 0.754. The minimum Gasteiger partial charge on any atom is -0.468 e. The lowest BCUT2D eigenvalue weighted by Gasteiger charge is -2.11. The second-order valence-electron chi connectivity index (χ2n) is 6.58. The Bertz CT molecular complexity index is 1180. The summed E-state index contributed by atoms with van der Waals surface area (Å²) in [5, 5.41) is 4.45. The van der Waals surface area contributed by atoms with Gasteiger partial charge in [0.25, 0.3) is 5.56 Å². The number of hydrogen-bond acceptors (Lipinski definition) is 7. The molecule has 0 bridgehead atoms. The van der Waals surface area contributed by atoms with Crippen molar-refractivity contribution in [3.05, 3.63) is 38.3 Å². The van der Waals surface area contributed by atoms with Crippen LogP contribution in [0.4, 0.5) is 0 Å². The molecule has 3 aromatic heterocycles. The van der Waals surface area contributed by atoms with Gasteiger partial charge in [-0.3, -0.25) is 14.2 Å². The van der Waals surface area contributed by atoms with Gasteiger partial charge in [-0.05, 0) is 26.8 Å². The third kappa shape index (κ3) is 3.60. The van der Waals surface area contributed by atoms with Crippen LogP contribution in [0.2, 0.25) is 0 Å². The molecular weight excluding hydrogens is 380 g/mol. The first kappa shape index (κ1) is 20.5. The SMILES string of the molecule is CCOCCn1c(-n2nc(C)cc2C)nc2c1c(=O)n(CC(=O)OC)c(=O)n2C. The first-order valence-electron chi connectivity index (χ1n) is 9.18. The second-order valence-corrected chi connectivity index (χ2v) is 6.58. The molecule has 0 N–H and O–H groups in total. The summed E-state index contributed by atoms with van der Waals surface area (Å²) < 4.78 is 15.4. The molecule has 0 saturated heterocycles. The number of ether oxygens (including phenoxy) is 2. The largest absolute Gasteiger partial charge is 0.468 e. The van der Waals surface area contributed by atoms with Gasteiger partial charge in [-0.2, -0.15) is 10.1 Å². The molecule has 11 heteroatoms. The van der Waals surface area contributed by atoms with Crippen molar-refractivity contribution >= 4 is 17.1 Å². The third-order valence-electron chi connectivity index (χ3n) is 4.59. The zero-order valence-corrected chi connectivity index (χ0v) is 17.1. The normalized spacial score (nSPS) is 11.3. The van der Waals surface area contributed by atoms with Crippen molar-refractivity contribution in [3.63, 3.8) is 0 Å². The Balaban J connectivity index is 2.33. The van der Waals surface area contributed by atoms with Crippen molar-refractivity contribution in [1.29, 1.82) is 0 Å². The van der Waals surface area contributed by atoms with Crippen molar-refractivity contribution in [1.82, 2.24) is 28.5 Å². The molecule has 29 heavy (non-hydrogen) atoms. The monoisotopic (exact) mass is 404 g/mol. The number of carbonyl (C=O) groups excluding carboxylic acids is 1. The average molecular weight is 404 g/mol. The highest BCUT2D eigenvalue weighted by Crippen LogP contribution is 2.17. The van der Waals surface area contributed by atoms with E-state index in [2.05, 4.69) is 14.8 Å². The molecule has 0 amide bonds. The van der Waals surface area contributed by atoms with Gasteiger partial charge in [-0.1, -0.05) is 0 Å². The van der Waals surface area contributed by atoms with Crippen LogP contribution in [0.1, 0.15) is 18.3 Å². The first-order chi connectivity index (χ1) is 13.8. The Morgan fingerprint density at radius 2 is 1.93 bits per heavy atom. The highest BCUT2D eigenvalue weighted by molar-refractivity contribution is 5.74. The zero-order valence-electron chi connectivity index (χ0n) is 17.1. The van der Waals surface area contributed by atoms with Gasteiger partial charge in [0.05, 0.1) is 19.4 Å². The number of aromatic nitrogens is 6. The molecule has 0 unspecified atom stereocenters. The summed E-state index contributed by atoms with van der Waals surface area (Å²) in [6.07, 6.45) is 0. The summed E-state index contributed by atoms with van der Waals surface area (Å²) in [6, 6.07) is 1.89. The summed E-state index contributed by atoms with van der Waals surface area (Å²) in [7, 11) is 2.70. The Hall–Kier alpha value is -3.21. The molecule has 156 valence electrons. The maximum Gasteiger partial charge on any atom is 0.333 e. The van der Waals surface area contributed by atoms with Gasteiger partial charge in [0, 0.05) is 25.9 Å². The number of imidazole rings is 1. The minimum atomic E-state index is -0.692. The number of esters is 1. The predicted octanol–water partition coefficient (Wildman–Crippen LogP) is -0.0913. The lowest BCUT2D eigenvalue weighted by molar-refractivity contribution is -0.141. The molecule has 11 nitrogen and oxygen atoms in total.